The number of nitrogens with zero attached hydrogens (tertiary/aromatic N) is 1. The van der Waals surface area contributed by atoms with Crippen molar-refractivity contribution in [2.45, 2.75) is 32.2 Å². The third-order valence-electron chi connectivity index (χ3n) is 5.03. The van der Waals surface area contributed by atoms with Crippen molar-refractivity contribution in [2.24, 2.45) is 5.92 Å². The van der Waals surface area contributed by atoms with Crippen LogP contribution in [0.1, 0.15) is 30.4 Å². The summed E-state index contributed by atoms with van der Waals surface area (Å²) < 4.78 is 19.0. The van der Waals surface area contributed by atoms with Gasteiger partial charge < -0.3 is 9.84 Å². The van der Waals surface area contributed by atoms with Gasteiger partial charge in [0.05, 0.1) is 7.11 Å². The molecular formula is C21H26FNO2. The number of hydrogen-bond acceptors (Lipinski definition) is 3. The summed E-state index contributed by atoms with van der Waals surface area (Å²) in [5.41, 5.74) is 1.97. The third kappa shape index (κ3) is 4.73. The SMILES string of the molecule is COc1cc(CN2CCC[C@H](CCc3ccccc3F)C2)ccc1O. The van der Waals surface area contributed by atoms with Gasteiger partial charge >= 0.3 is 0 Å². The molecule has 0 aliphatic carbocycles. The molecule has 1 atom stereocenters. The number of methoxy groups -OCH3 is 1. The first-order chi connectivity index (χ1) is 12.2. The van der Waals surface area contributed by atoms with E-state index in [1.807, 2.05) is 24.3 Å². The van der Waals surface area contributed by atoms with Gasteiger partial charge in [0.15, 0.2) is 11.5 Å². The Morgan fingerprint density at radius 1 is 1.24 bits per heavy atom. The first kappa shape index (κ1) is 17.7. The maximum atomic E-state index is 13.8. The van der Waals surface area contributed by atoms with E-state index in [2.05, 4.69) is 4.90 Å². The van der Waals surface area contributed by atoms with Crippen LogP contribution in [0.4, 0.5) is 4.39 Å². The van der Waals surface area contributed by atoms with Crippen LogP contribution < -0.4 is 4.74 Å². The van der Waals surface area contributed by atoms with Crippen LogP contribution in [0.15, 0.2) is 42.5 Å². The Balaban J connectivity index is 1.55. The molecule has 1 fully saturated rings. The maximum absolute atomic E-state index is 13.8. The van der Waals surface area contributed by atoms with E-state index in [1.165, 1.54) is 12.8 Å². The largest absolute Gasteiger partial charge is 0.504 e. The molecule has 2 aromatic rings. The average Bonchev–Trinajstić information content (AvgIpc) is 2.63. The van der Waals surface area contributed by atoms with E-state index in [9.17, 15) is 9.50 Å². The number of halogens is 1. The fraction of sp³-hybridized carbons (Fsp3) is 0.429. The molecule has 134 valence electrons. The van der Waals surface area contributed by atoms with Gasteiger partial charge in [-0.15, -0.1) is 0 Å². The fourth-order valence-corrected chi connectivity index (χ4v) is 3.67. The van der Waals surface area contributed by atoms with Gasteiger partial charge in [-0.1, -0.05) is 24.3 Å². The molecule has 3 nitrogen and oxygen atoms in total. The Morgan fingerprint density at radius 3 is 2.88 bits per heavy atom. The topological polar surface area (TPSA) is 32.7 Å². The van der Waals surface area contributed by atoms with Crippen LogP contribution in [-0.2, 0) is 13.0 Å². The first-order valence-corrected chi connectivity index (χ1v) is 8.97. The van der Waals surface area contributed by atoms with Gasteiger partial charge in [0.25, 0.3) is 0 Å². The highest BCUT2D eigenvalue weighted by atomic mass is 19.1. The van der Waals surface area contributed by atoms with Crippen molar-refractivity contribution < 1.29 is 14.2 Å². The number of ether oxygens (including phenoxy) is 1. The second-order valence-electron chi connectivity index (χ2n) is 6.88. The van der Waals surface area contributed by atoms with Crippen molar-refractivity contribution in [3.8, 4) is 11.5 Å². The van der Waals surface area contributed by atoms with Crippen molar-refractivity contribution in [3.63, 3.8) is 0 Å². The Kier molecular flexibility index (Phi) is 5.92. The lowest BCUT2D eigenvalue weighted by molar-refractivity contribution is 0.161. The lowest BCUT2D eigenvalue weighted by atomic mass is 9.91. The predicted molar refractivity (Wildman–Crippen MR) is 97.4 cm³/mol. The number of phenols is 1. The van der Waals surface area contributed by atoms with E-state index in [0.717, 1.165) is 43.6 Å². The van der Waals surface area contributed by atoms with Crippen LogP contribution in [0, 0.1) is 11.7 Å². The molecule has 0 unspecified atom stereocenters. The van der Waals surface area contributed by atoms with Crippen molar-refractivity contribution in [2.75, 3.05) is 20.2 Å². The zero-order valence-corrected chi connectivity index (χ0v) is 14.7. The first-order valence-electron chi connectivity index (χ1n) is 8.97. The van der Waals surface area contributed by atoms with Gasteiger partial charge in [0.1, 0.15) is 5.82 Å². The zero-order chi connectivity index (χ0) is 17.6. The van der Waals surface area contributed by atoms with E-state index in [4.69, 9.17) is 4.74 Å². The minimum Gasteiger partial charge on any atom is -0.504 e. The molecule has 0 bridgehead atoms. The number of piperidine rings is 1. The summed E-state index contributed by atoms with van der Waals surface area (Å²) in [7, 11) is 1.57. The number of aryl methyl sites for hydroxylation is 1. The standard InChI is InChI=1S/C21H26FNO2/c1-25-21-13-17(9-11-20(21)24)15-23-12-4-5-16(14-23)8-10-18-6-2-3-7-19(18)22/h2-3,6-7,9,11,13,16,24H,4-5,8,10,12,14-15H2,1H3/t16-/m1/s1. The molecule has 1 saturated heterocycles. The maximum Gasteiger partial charge on any atom is 0.160 e. The minimum atomic E-state index is -0.0913. The molecule has 3 rings (SSSR count). The predicted octanol–water partition coefficient (Wildman–Crippen LogP) is 4.38. The molecule has 4 heteroatoms. The molecule has 0 radical (unpaired) electrons. The van der Waals surface area contributed by atoms with Crippen molar-refractivity contribution in [1.82, 2.24) is 4.90 Å². The number of likely N-dealkylation sites (tertiary alicyclic amines) is 1. The molecule has 2 aromatic carbocycles. The molecule has 1 aliphatic heterocycles. The van der Waals surface area contributed by atoms with Crippen LogP contribution in [0.25, 0.3) is 0 Å². The van der Waals surface area contributed by atoms with E-state index in [-0.39, 0.29) is 11.6 Å². The Labute approximate surface area is 149 Å². The highest BCUT2D eigenvalue weighted by Gasteiger charge is 2.20. The van der Waals surface area contributed by atoms with Gasteiger partial charge in [-0.2, -0.15) is 0 Å². The van der Waals surface area contributed by atoms with Gasteiger partial charge in [-0.3, -0.25) is 4.90 Å². The highest BCUT2D eigenvalue weighted by molar-refractivity contribution is 5.41. The molecule has 0 spiro atoms. The van der Waals surface area contributed by atoms with E-state index >= 15 is 0 Å². The van der Waals surface area contributed by atoms with Gasteiger partial charge in [-0.25, -0.2) is 4.39 Å². The smallest absolute Gasteiger partial charge is 0.160 e. The summed E-state index contributed by atoms with van der Waals surface area (Å²) in [5.74, 6) is 1.21. The number of aromatic hydroxyl groups is 1. The number of phenolic OH excluding ortho intramolecular Hbond substituents is 1. The summed E-state index contributed by atoms with van der Waals surface area (Å²) >= 11 is 0. The Morgan fingerprint density at radius 2 is 2.08 bits per heavy atom. The Bertz CT molecular complexity index is 704. The summed E-state index contributed by atoms with van der Waals surface area (Å²) in [4.78, 5) is 2.45. The monoisotopic (exact) mass is 343 g/mol. The molecule has 0 amide bonds. The number of rotatable bonds is 6. The second kappa shape index (κ2) is 8.34. The van der Waals surface area contributed by atoms with E-state index in [0.29, 0.717) is 11.7 Å². The normalized spacial score (nSPS) is 18.2. The average molecular weight is 343 g/mol. The quantitative estimate of drug-likeness (QED) is 0.845. The summed E-state index contributed by atoms with van der Waals surface area (Å²) in [5, 5.41) is 9.71. The lowest BCUT2D eigenvalue weighted by Crippen LogP contribution is -2.35. The van der Waals surface area contributed by atoms with Crippen LogP contribution >= 0.6 is 0 Å². The van der Waals surface area contributed by atoms with E-state index < -0.39 is 0 Å². The second-order valence-corrected chi connectivity index (χ2v) is 6.88. The third-order valence-corrected chi connectivity index (χ3v) is 5.03. The van der Waals surface area contributed by atoms with Gasteiger partial charge in [-0.05, 0) is 67.5 Å². The molecule has 0 saturated carbocycles. The fourth-order valence-electron chi connectivity index (χ4n) is 3.67. The molecule has 1 aliphatic rings. The Hall–Kier alpha value is -2.07. The van der Waals surface area contributed by atoms with E-state index in [1.54, 1.807) is 25.3 Å². The van der Waals surface area contributed by atoms with Crippen LogP contribution in [0.3, 0.4) is 0 Å². The van der Waals surface area contributed by atoms with Gasteiger partial charge in [0.2, 0.25) is 0 Å². The summed E-state index contributed by atoms with van der Waals surface area (Å²) in [6.07, 6.45) is 4.22. The lowest BCUT2D eigenvalue weighted by Gasteiger charge is -2.33. The number of benzene rings is 2. The van der Waals surface area contributed by atoms with Gasteiger partial charge in [0, 0.05) is 13.1 Å². The molecule has 1 heterocycles. The minimum absolute atomic E-state index is 0.0913. The molecule has 1 N–H and O–H groups in total. The van der Waals surface area contributed by atoms with Crippen molar-refractivity contribution in [3.05, 3.63) is 59.4 Å². The van der Waals surface area contributed by atoms with Crippen LogP contribution in [0.5, 0.6) is 11.5 Å². The van der Waals surface area contributed by atoms with Crippen LogP contribution in [0.2, 0.25) is 0 Å². The molecule has 0 aromatic heterocycles. The van der Waals surface area contributed by atoms with Crippen LogP contribution in [-0.4, -0.2) is 30.2 Å². The molecular weight excluding hydrogens is 317 g/mol. The molecule has 25 heavy (non-hydrogen) atoms. The van der Waals surface area contributed by atoms with Crippen molar-refractivity contribution >= 4 is 0 Å². The van der Waals surface area contributed by atoms with Crippen molar-refractivity contribution in [1.29, 1.82) is 0 Å². The number of hydrogen-bond donors (Lipinski definition) is 1. The zero-order valence-electron chi connectivity index (χ0n) is 14.7. The summed E-state index contributed by atoms with van der Waals surface area (Å²) in [6.45, 7) is 2.98. The summed E-state index contributed by atoms with van der Waals surface area (Å²) in [6, 6.07) is 12.6. The highest BCUT2D eigenvalue weighted by Crippen LogP contribution is 2.28.